The normalized spacial score (nSPS) is 10.7. The van der Waals surface area contributed by atoms with Crippen LogP contribution in [0.25, 0.3) is 0 Å². The maximum atomic E-state index is 5.42. The molecule has 0 aliphatic carbocycles. The predicted octanol–water partition coefficient (Wildman–Crippen LogP) is 2.06. The molecule has 0 radical (unpaired) electrons. The van der Waals surface area contributed by atoms with E-state index in [2.05, 4.69) is 46.3 Å². The highest BCUT2D eigenvalue weighted by Gasteiger charge is 2.11. The number of nitrogens with one attached hydrogen (secondary N) is 2. The number of likely N-dealkylation sites (N-methyl/N-ethyl adjacent to an activating group) is 1. The van der Waals surface area contributed by atoms with E-state index >= 15 is 0 Å². The first kappa shape index (κ1) is 16.5. The Morgan fingerprint density at radius 3 is 2.15 bits per heavy atom. The summed E-state index contributed by atoms with van der Waals surface area (Å²) < 4.78 is 5.42. The summed E-state index contributed by atoms with van der Waals surface area (Å²) in [5, 5.41) is 6.57. The molecule has 0 aromatic carbocycles. The molecule has 6 heteroatoms. The van der Waals surface area contributed by atoms with Gasteiger partial charge < -0.3 is 20.3 Å². The third kappa shape index (κ3) is 4.85. The molecule has 1 aromatic heterocycles. The number of aromatic nitrogens is 2. The van der Waals surface area contributed by atoms with E-state index in [4.69, 9.17) is 4.74 Å². The van der Waals surface area contributed by atoms with Crippen LogP contribution in [0.1, 0.15) is 27.2 Å². The van der Waals surface area contributed by atoms with E-state index in [9.17, 15) is 0 Å². The molecule has 1 aromatic rings. The third-order valence-corrected chi connectivity index (χ3v) is 3.17. The molecule has 0 spiro atoms. The van der Waals surface area contributed by atoms with Crippen molar-refractivity contribution >= 4 is 11.6 Å². The molecule has 0 fully saturated rings. The summed E-state index contributed by atoms with van der Waals surface area (Å²) in [7, 11) is 1.64. The van der Waals surface area contributed by atoms with Gasteiger partial charge in [-0.3, -0.25) is 0 Å². The zero-order valence-electron chi connectivity index (χ0n) is 13.1. The molecule has 0 amide bonds. The molecule has 0 aliphatic heterocycles. The smallest absolute Gasteiger partial charge is 0.204 e. The number of hydrogen-bond donors (Lipinski definition) is 2. The molecule has 0 saturated heterocycles. The van der Waals surface area contributed by atoms with Gasteiger partial charge in [0.1, 0.15) is 6.33 Å². The van der Waals surface area contributed by atoms with Crippen molar-refractivity contribution in [3.63, 3.8) is 0 Å². The minimum atomic E-state index is 0.681. The molecule has 0 aliphatic rings. The fourth-order valence-corrected chi connectivity index (χ4v) is 1.93. The number of nitrogens with zero attached hydrogens (tertiary/aromatic N) is 3. The van der Waals surface area contributed by atoms with Gasteiger partial charge in [0.2, 0.25) is 5.75 Å². The second-order valence-electron chi connectivity index (χ2n) is 4.48. The van der Waals surface area contributed by atoms with Crippen LogP contribution in [-0.4, -0.2) is 54.7 Å². The number of methoxy groups -OCH3 is 1. The molecule has 6 nitrogen and oxygen atoms in total. The first-order chi connectivity index (χ1) is 9.76. The summed E-state index contributed by atoms with van der Waals surface area (Å²) in [6.45, 7) is 11.3. The summed E-state index contributed by atoms with van der Waals surface area (Å²) in [6.07, 6.45) is 2.60. The SMILES string of the molecule is CCCNc1ncnc(NCCN(CC)CC)c1OC. The molecule has 0 saturated carbocycles. The number of rotatable bonds is 10. The molecule has 0 bridgehead atoms. The monoisotopic (exact) mass is 281 g/mol. The van der Waals surface area contributed by atoms with Gasteiger partial charge in [-0.1, -0.05) is 20.8 Å². The molecule has 2 N–H and O–H groups in total. The van der Waals surface area contributed by atoms with E-state index < -0.39 is 0 Å². The molecule has 1 heterocycles. The van der Waals surface area contributed by atoms with Gasteiger partial charge in [-0.05, 0) is 19.5 Å². The van der Waals surface area contributed by atoms with Gasteiger partial charge in [0.25, 0.3) is 0 Å². The molecule has 114 valence electrons. The average molecular weight is 281 g/mol. The minimum absolute atomic E-state index is 0.681. The maximum absolute atomic E-state index is 5.42. The molecular formula is C14H27N5O. The van der Waals surface area contributed by atoms with Crippen LogP contribution >= 0.6 is 0 Å². The van der Waals surface area contributed by atoms with Crippen molar-refractivity contribution in [3.8, 4) is 5.75 Å². The predicted molar refractivity (Wildman–Crippen MR) is 83.6 cm³/mol. The first-order valence-corrected chi connectivity index (χ1v) is 7.35. The van der Waals surface area contributed by atoms with Crippen LogP contribution in [0.4, 0.5) is 11.6 Å². The maximum Gasteiger partial charge on any atom is 0.204 e. The minimum Gasteiger partial charge on any atom is -0.490 e. The van der Waals surface area contributed by atoms with Gasteiger partial charge in [0.15, 0.2) is 11.6 Å². The Hall–Kier alpha value is -1.56. The van der Waals surface area contributed by atoms with Crippen molar-refractivity contribution in [2.75, 3.05) is 50.5 Å². The molecular weight excluding hydrogens is 254 g/mol. The summed E-state index contributed by atoms with van der Waals surface area (Å²) in [6, 6.07) is 0. The lowest BCUT2D eigenvalue weighted by molar-refractivity contribution is 0.315. The molecule has 0 atom stereocenters. The fourth-order valence-electron chi connectivity index (χ4n) is 1.93. The zero-order chi connectivity index (χ0) is 14.8. The quantitative estimate of drug-likeness (QED) is 0.684. The lowest BCUT2D eigenvalue weighted by Crippen LogP contribution is -2.28. The van der Waals surface area contributed by atoms with Gasteiger partial charge in [-0.15, -0.1) is 0 Å². The fraction of sp³-hybridized carbons (Fsp3) is 0.714. The van der Waals surface area contributed by atoms with E-state index in [1.165, 1.54) is 0 Å². The summed E-state index contributed by atoms with van der Waals surface area (Å²) in [4.78, 5) is 10.8. The Kier molecular flexibility index (Phi) is 7.72. The third-order valence-electron chi connectivity index (χ3n) is 3.17. The van der Waals surface area contributed by atoms with Gasteiger partial charge in [0, 0.05) is 19.6 Å². The van der Waals surface area contributed by atoms with Crippen LogP contribution in [0, 0.1) is 0 Å². The van der Waals surface area contributed by atoms with Gasteiger partial charge in [0.05, 0.1) is 7.11 Å². The van der Waals surface area contributed by atoms with Crippen molar-refractivity contribution in [1.82, 2.24) is 14.9 Å². The van der Waals surface area contributed by atoms with Crippen molar-refractivity contribution in [3.05, 3.63) is 6.33 Å². The van der Waals surface area contributed by atoms with Crippen LogP contribution in [0.2, 0.25) is 0 Å². The van der Waals surface area contributed by atoms with Crippen LogP contribution < -0.4 is 15.4 Å². The number of ether oxygens (including phenoxy) is 1. The second kappa shape index (κ2) is 9.36. The summed E-state index contributed by atoms with van der Waals surface area (Å²) in [5.41, 5.74) is 0. The van der Waals surface area contributed by atoms with Crippen LogP contribution in [0.3, 0.4) is 0 Å². The molecule has 1 rings (SSSR count). The Morgan fingerprint density at radius 2 is 1.65 bits per heavy atom. The van der Waals surface area contributed by atoms with Crippen molar-refractivity contribution in [2.24, 2.45) is 0 Å². The van der Waals surface area contributed by atoms with Gasteiger partial charge in [-0.2, -0.15) is 0 Å². The van der Waals surface area contributed by atoms with Gasteiger partial charge >= 0.3 is 0 Å². The highest BCUT2D eigenvalue weighted by atomic mass is 16.5. The Morgan fingerprint density at radius 1 is 1.05 bits per heavy atom. The largest absolute Gasteiger partial charge is 0.490 e. The topological polar surface area (TPSA) is 62.3 Å². The standard InChI is InChI=1S/C14H27N5O/c1-5-8-15-13-12(20-4)14(18-11-17-13)16-9-10-19(6-2)7-3/h11H,5-10H2,1-4H3,(H2,15,16,17,18). The van der Waals surface area contributed by atoms with Gasteiger partial charge in [-0.25, -0.2) is 9.97 Å². The van der Waals surface area contributed by atoms with Crippen LogP contribution in [-0.2, 0) is 0 Å². The Labute approximate surface area is 121 Å². The summed E-state index contributed by atoms with van der Waals surface area (Å²) in [5.74, 6) is 2.17. The average Bonchev–Trinajstić information content (AvgIpc) is 2.49. The first-order valence-electron chi connectivity index (χ1n) is 7.35. The van der Waals surface area contributed by atoms with E-state index in [-0.39, 0.29) is 0 Å². The molecule has 20 heavy (non-hydrogen) atoms. The Balaban J connectivity index is 2.64. The molecule has 0 unspecified atom stereocenters. The number of hydrogen-bond acceptors (Lipinski definition) is 6. The van der Waals surface area contributed by atoms with Crippen molar-refractivity contribution in [1.29, 1.82) is 0 Å². The van der Waals surface area contributed by atoms with Crippen molar-refractivity contribution in [2.45, 2.75) is 27.2 Å². The van der Waals surface area contributed by atoms with E-state index in [1.807, 2.05) is 0 Å². The second-order valence-corrected chi connectivity index (χ2v) is 4.48. The Bertz CT molecular complexity index is 382. The zero-order valence-corrected chi connectivity index (χ0v) is 13.1. The van der Waals surface area contributed by atoms with E-state index in [0.29, 0.717) is 5.75 Å². The lowest BCUT2D eigenvalue weighted by atomic mass is 10.4. The van der Waals surface area contributed by atoms with E-state index in [0.717, 1.165) is 50.8 Å². The highest BCUT2D eigenvalue weighted by Crippen LogP contribution is 2.28. The van der Waals surface area contributed by atoms with E-state index in [1.54, 1.807) is 13.4 Å². The van der Waals surface area contributed by atoms with Crippen molar-refractivity contribution < 1.29 is 4.74 Å². The number of anilines is 2. The van der Waals surface area contributed by atoms with Crippen LogP contribution in [0.5, 0.6) is 5.75 Å². The summed E-state index contributed by atoms with van der Waals surface area (Å²) >= 11 is 0. The highest BCUT2D eigenvalue weighted by molar-refractivity contribution is 5.63. The lowest BCUT2D eigenvalue weighted by Gasteiger charge is -2.19. The van der Waals surface area contributed by atoms with Crippen LogP contribution in [0.15, 0.2) is 6.33 Å².